The lowest BCUT2D eigenvalue weighted by Crippen LogP contribution is -2.22. The van der Waals surface area contributed by atoms with Crippen LogP contribution in [0.4, 0.5) is 17.6 Å². The van der Waals surface area contributed by atoms with E-state index in [9.17, 15) is 27.2 Å². The SMILES string of the molecule is Cc1c(-c2c(C(N)=O)nc3c(F)cccc3c2C(N)=O)c(C(F)(F)F)nn1Cc1ccc(C#N)cc1. The Bertz CT molecular complexity index is 1580. The van der Waals surface area contributed by atoms with Gasteiger partial charge in [-0.15, -0.1) is 0 Å². The van der Waals surface area contributed by atoms with Gasteiger partial charge >= 0.3 is 6.18 Å². The number of nitriles is 1. The summed E-state index contributed by atoms with van der Waals surface area (Å²) in [6.07, 6.45) is -5.02. The normalized spacial score (nSPS) is 11.4. The van der Waals surface area contributed by atoms with E-state index in [4.69, 9.17) is 16.7 Å². The van der Waals surface area contributed by atoms with Gasteiger partial charge in [0.1, 0.15) is 17.0 Å². The van der Waals surface area contributed by atoms with E-state index < -0.39 is 57.4 Å². The summed E-state index contributed by atoms with van der Waals surface area (Å²) in [6, 6.07) is 11.5. The number of hydrogen-bond donors (Lipinski definition) is 2. The third-order valence-corrected chi connectivity index (χ3v) is 5.59. The molecule has 4 aromatic rings. The molecule has 2 aromatic carbocycles. The molecule has 182 valence electrons. The van der Waals surface area contributed by atoms with Crippen LogP contribution in [0.25, 0.3) is 22.0 Å². The number of amides is 2. The molecule has 0 radical (unpaired) electrons. The largest absolute Gasteiger partial charge is 0.435 e. The molecule has 0 bridgehead atoms. The fourth-order valence-corrected chi connectivity index (χ4v) is 3.98. The van der Waals surface area contributed by atoms with E-state index in [0.717, 1.165) is 10.7 Å². The second-order valence-corrected chi connectivity index (χ2v) is 7.85. The van der Waals surface area contributed by atoms with Crippen LogP contribution in [0.1, 0.15) is 43.4 Å². The summed E-state index contributed by atoms with van der Waals surface area (Å²) in [5, 5.41) is 12.5. The number of primary amides is 2. The lowest BCUT2D eigenvalue weighted by atomic mass is 9.92. The van der Waals surface area contributed by atoms with Crippen LogP contribution in [0.2, 0.25) is 0 Å². The average molecular weight is 496 g/mol. The molecule has 0 saturated heterocycles. The van der Waals surface area contributed by atoms with Crippen molar-refractivity contribution in [2.45, 2.75) is 19.6 Å². The standard InChI is InChI=1S/C24H16F4N6O2/c1-11-16(21(24(26,27)28)33-34(11)10-13-7-5-12(9-29)6-8-13)18-17(22(30)35)14-3-2-4-15(25)19(14)32-20(18)23(31)36/h2-8H,10H2,1H3,(H2,30,35)(H2,31,36). The summed E-state index contributed by atoms with van der Waals surface area (Å²) in [5.74, 6) is -3.42. The molecule has 12 heteroatoms. The summed E-state index contributed by atoms with van der Waals surface area (Å²) in [5.41, 5.74) is 7.41. The minimum Gasteiger partial charge on any atom is -0.366 e. The number of para-hydroxylation sites is 1. The zero-order valence-electron chi connectivity index (χ0n) is 18.5. The number of nitrogens with two attached hydrogens (primary N) is 2. The minimum absolute atomic E-state index is 0.0748. The lowest BCUT2D eigenvalue weighted by molar-refractivity contribution is -0.141. The van der Waals surface area contributed by atoms with Crippen molar-refractivity contribution in [3.63, 3.8) is 0 Å². The minimum atomic E-state index is -5.02. The third kappa shape index (κ3) is 4.11. The van der Waals surface area contributed by atoms with Crippen LogP contribution in [0, 0.1) is 24.1 Å². The van der Waals surface area contributed by atoms with Crippen molar-refractivity contribution in [2.75, 3.05) is 0 Å². The number of pyridine rings is 1. The van der Waals surface area contributed by atoms with Crippen molar-refractivity contribution in [3.8, 4) is 17.2 Å². The first kappa shape index (κ1) is 24.3. The molecular formula is C24H16F4N6O2. The van der Waals surface area contributed by atoms with Crippen molar-refractivity contribution in [2.24, 2.45) is 11.5 Å². The predicted octanol–water partition coefficient (Wildman–Crippen LogP) is 3.68. The second-order valence-electron chi connectivity index (χ2n) is 7.85. The predicted molar refractivity (Wildman–Crippen MR) is 120 cm³/mol. The van der Waals surface area contributed by atoms with E-state index in [1.807, 2.05) is 6.07 Å². The highest BCUT2D eigenvalue weighted by Crippen LogP contribution is 2.42. The highest BCUT2D eigenvalue weighted by Gasteiger charge is 2.41. The molecule has 2 aromatic heterocycles. The highest BCUT2D eigenvalue weighted by molar-refractivity contribution is 6.15. The number of alkyl halides is 3. The Hall–Kier alpha value is -4.79. The zero-order chi connectivity index (χ0) is 26.4. The number of benzene rings is 2. The zero-order valence-corrected chi connectivity index (χ0v) is 18.5. The molecule has 0 aliphatic carbocycles. The van der Waals surface area contributed by atoms with Gasteiger partial charge < -0.3 is 11.5 Å². The molecular weight excluding hydrogens is 480 g/mol. The molecule has 0 fully saturated rings. The van der Waals surface area contributed by atoms with Crippen molar-refractivity contribution in [1.82, 2.24) is 14.8 Å². The third-order valence-electron chi connectivity index (χ3n) is 5.59. The van der Waals surface area contributed by atoms with Crippen LogP contribution >= 0.6 is 0 Å². The quantitative estimate of drug-likeness (QED) is 0.406. The van der Waals surface area contributed by atoms with Crippen molar-refractivity contribution >= 4 is 22.7 Å². The molecule has 4 N–H and O–H groups in total. The van der Waals surface area contributed by atoms with E-state index in [2.05, 4.69) is 10.1 Å². The summed E-state index contributed by atoms with van der Waals surface area (Å²) in [6.45, 7) is 1.18. The number of carbonyl (C=O) groups is 2. The van der Waals surface area contributed by atoms with E-state index in [1.54, 1.807) is 12.1 Å². The Balaban J connectivity index is 2.08. The topological polar surface area (TPSA) is 141 Å². The number of carbonyl (C=O) groups excluding carboxylic acids is 2. The van der Waals surface area contributed by atoms with E-state index >= 15 is 0 Å². The van der Waals surface area contributed by atoms with Gasteiger partial charge in [0, 0.05) is 22.2 Å². The number of fused-ring (bicyclic) bond motifs is 1. The van der Waals surface area contributed by atoms with Crippen LogP contribution in [-0.4, -0.2) is 26.6 Å². The van der Waals surface area contributed by atoms with Gasteiger partial charge in [-0.25, -0.2) is 9.37 Å². The molecule has 0 unspecified atom stereocenters. The van der Waals surface area contributed by atoms with Gasteiger partial charge in [0.05, 0.1) is 23.7 Å². The number of hydrogen-bond acceptors (Lipinski definition) is 5. The van der Waals surface area contributed by atoms with Gasteiger partial charge in [-0.2, -0.15) is 23.5 Å². The number of rotatable bonds is 5. The lowest BCUT2D eigenvalue weighted by Gasteiger charge is -2.16. The van der Waals surface area contributed by atoms with E-state index in [0.29, 0.717) is 11.1 Å². The van der Waals surface area contributed by atoms with Gasteiger partial charge in [-0.05, 0) is 30.7 Å². The molecule has 4 rings (SSSR count). The smallest absolute Gasteiger partial charge is 0.366 e. The van der Waals surface area contributed by atoms with Crippen LogP contribution in [-0.2, 0) is 12.7 Å². The van der Waals surface area contributed by atoms with Gasteiger partial charge in [-0.1, -0.05) is 24.3 Å². The summed E-state index contributed by atoms with van der Waals surface area (Å²) < 4.78 is 58.1. The molecule has 2 amide bonds. The second kappa shape index (κ2) is 8.77. The van der Waals surface area contributed by atoms with Crippen LogP contribution in [0.3, 0.4) is 0 Å². The molecule has 0 aliphatic rings. The molecule has 8 nitrogen and oxygen atoms in total. The molecule has 36 heavy (non-hydrogen) atoms. The summed E-state index contributed by atoms with van der Waals surface area (Å²) in [4.78, 5) is 28.7. The molecule has 2 heterocycles. The fourth-order valence-electron chi connectivity index (χ4n) is 3.98. The molecule has 0 atom stereocenters. The van der Waals surface area contributed by atoms with Gasteiger partial charge in [-0.3, -0.25) is 14.3 Å². The first-order valence-corrected chi connectivity index (χ1v) is 10.3. The first-order chi connectivity index (χ1) is 16.9. The Morgan fingerprint density at radius 1 is 1.06 bits per heavy atom. The Labute approximate surface area is 200 Å². The average Bonchev–Trinajstić information content (AvgIpc) is 3.14. The summed E-state index contributed by atoms with van der Waals surface area (Å²) >= 11 is 0. The van der Waals surface area contributed by atoms with Gasteiger partial charge in [0.2, 0.25) is 5.91 Å². The summed E-state index contributed by atoms with van der Waals surface area (Å²) in [7, 11) is 0. The number of aromatic nitrogens is 3. The van der Waals surface area contributed by atoms with Crippen LogP contribution in [0.5, 0.6) is 0 Å². The monoisotopic (exact) mass is 496 g/mol. The first-order valence-electron chi connectivity index (χ1n) is 10.3. The highest BCUT2D eigenvalue weighted by atomic mass is 19.4. The molecule has 0 saturated carbocycles. The maximum atomic E-state index is 14.5. The van der Waals surface area contributed by atoms with Crippen LogP contribution < -0.4 is 11.5 Å². The van der Waals surface area contributed by atoms with E-state index in [-0.39, 0.29) is 17.6 Å². The number of nitrogens with zero attached hydrogens (tertiary/aromatic N) is 4. The Morgan fingerprint density at radius 2 is 1.72 bits per heavy atom. The maximum absolute atomic E-state index is 14.5. The molecule has 0 aliphatic heterocycles. The number of halogens is 4. The fraction of sp³-hybridized carbons (Fsp3) is 0.125. The van der Waals surface area contributed by atoms with Gasteiger partial charge in [0.15, 0.2) is 5.69 Å². The molecule has 0 spiro atoms. The Kier molecular flexibility index (Phi) is 5.93. The van der Waals surface area contributed by atoms with Crippen molar-refractivity contribution in [1.29, 1.82) is 5.26 Å². The maximum Gasteiger partial charge on any atom is 0.435 e. The van der Waals surface area contributed by atoms with E-state index in [1.165, 1.54) is 31.2 Å². The van der Waals surface area contributed by atoms with Crippen molar-refractivity contribution in [3.05, 3.63) is 82.1 Å². The Morgan fingerprint density at radius 3 is 2.28 bits per heavy atom. The van der Waals surface area contributed by atoms with Crippen molar-refractivity contribution < 1.29 is 27.2 Å². The van der Waals surface area contributed by atoms with Crippen LogP contribution in [0.15, 0.2) is 42.5 Å². The van der Waals surface area contributed by atoms with Gasteiger partial charge in [0.25, 0.3) is 5.91 Å².